The molecule has 4 fully saturated rings. The number of aliphatic hydroxyl groups is 2. The van der Waals surface area contributed by atoms with Gasteiger partial charge in [0.05, 0.1) is 18.1 Å². The molecule has 0 aromatic carbocycles. The molecule has 4 aliphatic carbocycles. The van der Waals surface area contributed by atoms with E-state index in [1.807, 2.05) is 13.8 Å². The smallest absolute Gasteiger partial charge is 0.303 e. The van der Waals surface area contributed by atoms with Crippen LogP contribution in [0.5, 0.6) is 0 Å². The van der Waals surface area contributed by atoms with E-state index in [4.69, 9.17) is 10.5 Å². The number of nitrogens with one attached hydrogen (secondary N) is 1. The van der Waals surface area contributed by atoms with Crippen molar-refractivity contribution in [2.45, 2.75) is 118 Å². The molecule has 4 aliphatic rings. The van der Waals surface area contributed by atoms with Crippen LogP contribution < -0.4 is 0 Å². The Labute approximate surface area is 243 Å². The van der Waals surface area contributed by atoms with Gasteiger partial charge in [-0.2, -0.15) is 0 Å². The van der Waals surface area contributed by atoms with E-state index in [1.165, 1.54) is 6.92 Å². The summed E-state index contributed by atoms with van der Waals surface area (Å²) in [6.07, 6.45) is 6.52. The van der Waals surface area contributed by atoms with Crippen LogP contribution in [-0.2, 0) is 35.4 Å². The summed E-state index contributed by atoms with van der Waals surface area (Å²) in [5, 5.41) is 22.6. The summed E-state index contributed by atoms with van der Waals surface area (Å²) in [6, 6.07) is 0. The molecule has 0 spiro atoms. The number of esters is 1. The van der Waals surface area contributed by atoms with E-state index in [0.717, 1.165) is 36.8 Å². The largest absolute Gasteiger partial charge is 0.664 e. The molecule has 0 aliphatic heterocycles. The number of carbonyl (C=O) groups is 2. The van der Waals surface area contributed by atoms with E-state index in [-0.39, 0.29) is 67.1 Å². The number of amides is 1. The van der Waals surface area contributed by atoms with Gasteiger partial charge in [-0.3, -0.25) is 4.79 Å². The molecular formula is C31H48NO5W-. The number of hydrogen-bond acceptors (Lipinski definition) is 5. The van der Waals surface area contributed by atoms with Crippen molar-refractivity contribution in [2.75, 3.05) is 0 Å². The first-order valence-electron chi connectivity index (χ1n) is 14.3. The first-order valence-corrected chi connectivity index (χ1v) is 14.3. The van der Waals surface area contributed by atoms with Crippen molar-refractivity contribution in [1.29, 1.82) is 0 Å². The van der Waals surface area contributed by atoms with Gasteiger partial charge >= 0.3 is 5.97 Å². The fourth-order valence-electron chi connectivity index (χ4n) is 9.80. The second-order valence-corrected chi connectivity index (χ2v) is 13.7. The van der Waals surface area contributed by atoms with Gasteiger partial charge in [0.15, 0.2) is 0 Å². The van der Waals surface area contributed by atoms with Crippen LogP contribution in [0, 0.1) is 39.9 Å². The van der Waals surface area contributed by atoms with Crippen LogP contribution in [0.1, 0.15) is 99.8 Å². The van der Waals surface area contributed by atoms with Crippen LogP contribution in [0.4, 0.5) is 0 Å². The normalized spacial score (nSPS) is 45.0. The molecule has 7 heteroatoms. The topological polar surface area (TPSA) is 108 Å². The van der Waals surface area contributed by atoms with Crippen molar-refractivity contribution in [3.05, 3.63) is 28.5 Å². The Balaban J connectivity index is 0.00000400. The van der Waals surface area contributed by atoms with Crippen molar-refractivity contribution in [1.82, 2.24) is 0 Å². The zero-order valence-electron chi connectivity index (χ0n) is 24.3. The van der Waals surface area contributed by atoms with Crippen LogP contribution in [0.15, 0.2) is 22.8 Å². The summed E-state index contributed by atoms with van der Waals surface area (Å²) in [4.78, 5) is 25.0. The van der Waals surface area contributed by atoms with E-state index in [1.54, 1.807) is 0 Å². The molecule has 10 atom stereocenters. The maximum Gasteiger partial charge on any atom is 0.303 e. The van der Waals surface area contributed by atoms with Gasteiger partial charge in [-0.1, -0.05) is 39.3 Å². The van der Waals surface area contributed by atoms with Gasteiger partial charge in [0, 0.05) is 28.0 Å². The van der Waals surface area contributed by atoms with E-state index in [2.05, 4.69) is 33.8 Å². The predicted molar refractivity (Wildman–Crippen MR) is 144 cm³/mol. The summed E-state index contributed by atoms with van der Waals surface area (Å²) in [5.74, 6) is -0.565. The Morgan fingerprint density at radius 3 is 2.29 bits per heavy atom. The van der Waals surface area contributed by atoms with E-state index in [9.17, 15) is 19.8 Å². The number of hydrogen-bond donors (Lipinski definition) is 2. The van der Waals surface area contributed by atoms with Crippen LogP contribution in [0.2, 0.25) is 0 Å². The second kappa shape index (κ2) is 11.1. The maximum atomic E-state index is 12.7. The molecule has 2 unspecified atom stereocenters. The molecule has 0 heterocycles. The fourth-order valence-corrected chi connectivity index (χ4v) is 9.80. The molecule has 0 aromatic heterocycles. The quantitative estimate of drug-likeness (QED) is 0.203. The summed E-state index contributed by atoms with van der Waals surface area (Å²) in [7, 11) is 0. The summed E-state index contributed by atoms with van der Waals surface area (Å²) < 4.78 is 5.90. The van der Waals surface area contributed by atoms with Gasteiger partial charge in [-0.25, -0.2) is 0 Å². The van der Waals surface area contributed by atoms with Gasteiger partial charge in [-0.05, 0) is 116 Å². The van der Waals surface area contributed by atoms with Crippen molar-refractivity contribution in [3.8, 4) is 0 Å². The molecule has 4 saturated carbocycles. The van der Waals surface area contributed by atoms with Crippen LogP contribution in [-0.4, -0.2) is 40.4 Å². The Kier molecular flexibility index (Phi) is 9.24. The minimum absolute atomic E-state index is 0. The molecule has 3 N–H and O–H groups in total. The first kappa shape index (κ1) is 31.6. The first-order chi connectivity index (χ1) is 17.2. The van der Waals surface area contributed by atoms with Gasteiger partial charge in [0.25, 0.3) is 0 Å². The van der Waals surface area contributed by atoms with Crippen LogP contribution >= 0.6 is 0 Å². The average molecular weight is 699 g/mol. The molecule has 0 saturated heterocycles. The monoisotopic (exact) mass is 698 g/mol. The molecule has 0 radical (unpaired) electrons. The van der Waals surface area contributed by atoms with Gasteiger partial charge < -0.3 is 25.5 Å². The Morgan fingerprint density at radius 2 is 1.71 bits per heavy atom. The Bertz CT molecular complexity index is 1000. The molecule has 0 aromatic rings. The SMILES string of the molecule is CC(=O)O[C@H]1C[C@@]2(C)C(C[C@@H](O)[C@H]3[C@@]4(C)CC[C@@H](O)[C@@H](C)C4CC[C@@]32C)/C1=C(\CCC=C(C)C)C([NH-])=O.[W]. The minimum Gasteiger partial charge on any atom is -0.664 e. The van der Waals surface area contributed by atoms with Crippen LogP contribution in [0.3, 0.4) is 0 Å². The fraction of sp³-hybridized carbons (Fsp3) is 0.806. The average Bonchev–Trinajstić information content (AvgIpc) is 3.05. The third kappa shape index (κ3) is 4.89. The summed E-state index contributed by atoms with van der Waals surface area (Å²) >= 11 is 0. The third-order valence-electron chi connectivity index (χ3n) is 11.6. The predicted octanol–water partition coefficient (Wildman–Crippen LogP) is 6.16. The Morgan fingerprint density at radius 1 is 1.05 bits per heavy atom. The number of ether oxygens (including phenoxy) is 1. The second-order valence-electron chi connectivity index (χ2n) is 13.7. The molecule has 1 amide bonds. The van der Waals surface area contributed by atoms with Crippen LogP contribution in [0.25, 0.3) is 5.73 Å². The van der Waals surface area contributed by atoms with E-state index >= 15 is 0 Å². The maximum absolute atomic E-state index is 12.7. The number of rotatable bonds is 5. The van der Waals surface area contributed by atoms with Gasteiger partial charge in [0.2, 0.25) is 0 Å². The number of aliphatic hydroxyl groups excluding tert-OH is 2. The number of carbonyl (C=O) groups excluding carboxylic acids is 2. The van der Waals surface area contributed by atoms with E-state index in [0.29, 0.717) is 37.2 Å². The van der Waals surface area contributed by atoms with Crippen molar-refractivity contribution >= 4 is 11.9 Å². The Hall–Kier alpha value is -0.972. The van der Waals surface area contributed by atoms with Crippen molar-refractivity contribution < 1.29 is 45.6 Å². The van der Waals surface area contributed by atoms with Crippen molar-refractivity contribution in [2.24, 2.45) is 39.9 Å². The molecule has 0 bridgehead atoms. The zero-order valence-corrected chi connectivity index (χ0v) is 27.2. The molecular weight excluding hydrogens is 650 g/mol. The number of allylic oxidation sites excluding steroid dienone is 2. The standard InChI is InChI=1S/C31H49NO5.W/c1-17(2)9-8-10-20(28(32)36)26-22-15-24(35)27-29(5)13-12-23(34)18(3)21(29)11-14-30(27,6)31(22,7)16-25(26)37-19(4)33;/h9,18,21-25,27,34-35H,8,10-16H2,1-7H3,(H2,32,36);/p-1/b26-20-;/t18-,21?,22?,23+,24+,25-,27-,29-,30-,31-;/m0./s1. The molecule has 4 rings (SSSR count). The molecule has 6 nitrogen and oxygen atoms in total. The van der Waals surface area contributed by atoms with Gasteiger partial charge in [0.1, 0.15) is 6.10 Å². The summed E-state index contributed by atoms with van der Waals surface area (Å²) in [5.41, 5.74) is 9.98. The minimum atomic E-state index is -0.703. The molecule has 38 heavy (non-hydrogen) atoms. The number of fused-ring (bicyclic) bond motifs is 5. The summed E-state index contributed by atoms with van der Waals surface area (Å²) in [6.45, 7) is 14.6. The van der Waals surface area contributed by atoms with E-state index < -0.39 is 18.1 Å². The van der Waals surface area contributed by atoms with Crippen molar-refractivity contribution in [3.63, 3.8) is 0 Å². The van der Waals surface area contributed by atoms with Gasteiger partial charge in [-0.15, -0.1) is 0 Å². The zero-order chi connectivity index (χ0) is 27.5. The third-order valence-corrected chi connectivity index (χ3v) is 11.6. The molecule has 214 valence electrons.